The molecule has 0 bridgehead atoms. The van der Waals surface area contributed by atoms with Gasteiger partial charge in [-0.3, -0.25) is 9.59 Å². The van der Waals surface area contributed by atoms with Crippen molar-refractivity contribution in [3.8, 4) is 0 Å². The highest BCUT2D eigenvalue weighted by atomic mass is 16.2. The number of carbonyl (C=O) groups excluding carboxylic acids is 2. The number of amides is 2. The van der Waals surface area contributed by atoms with E-state index < -0.39 is 0 Å². The molecule has 27 heavy (non-hydrogen) atoms. The first-order chi connectivity index (χ1) is 13.1. The third-order valence-electron chi connectivity index (χ3n) is 5.69. The molecule has 1 atom stereocenters. The minimum Gasteiger partial charge on any atom is -0.338 e. The number of likely N-dealkylation sites (tertiary alicyclic amines) is 2. The topological polar surface area (TPSA) is 40.6 Å². The van der Waals surface area contributed by atoms with Crippen LogP contribution in [0, 0.1) is 6.92 Å². The number of carbonyl (C=O) groups is 2. The monoisotopic (exact) mass is 362 g/mol. The highest BCUT2D eigenvalue weighted by Crippen LogP contribution is 2.33. The number of hydrogen-bond donors (Lipinski definition) is 0. The van der Waals surface area contributed by atoms with E-state index in [1.807, 2.05) is 34.1 Å². The second-order valence-corrected chi connectivity index (χ2v) is 7.69. The highest BCUT2D eigenvalue weighted by molar-refractivity contribution is 5.95. The van der Waals surface area contributed by atoms with Gasteiger partial charge in [-0.05, 0) is 49.4 Å². The molecule has 2 saturated heterocycles. The standard InChI is InChI=1S/C23H26N2O2/c1-17-9-11-19(12-10-17)21-7-3-14-25(21)23(27)20-6-2-5-18(15-20)16-24-13-4-8-22(24)26/h2,5-6,9-12,15,21H,3-4,7-8,13-14,16H2,1H3. The minimum atomic E-state index is 0.0904. The summed E-state index contributed by atoms with van der Waals surface area (Å²) in [7, 11) is 0. The maximum atomic E-state index is 13.2. The summed E-state index contributed by atoms with van der Waals surface area (Å²) in [6.45, 7) is 4.30. The van der Waals surface area contributed by atoms with Gasteiger partial charge in [-0.2, -0.15) is 0 Å². The molecule has 0 N–H and O–H groups in total. The Balaban J connectivity index is 1.52. The normalized spacial score (nSPS) is 19.7. The van der Waals surface area contributed by atoms with Crippen molar-refractivity contribution in [2.45, 2.75) is 45.2 Å². The number of aryl methyl sites for hydroxylation is 1. The van der Waals surface area contributed by atoms with Crippen LogP contribution in [0.3, 0.4) is 0 Å². The summed E-state index contributed by atoms with van der Waals surface area (Å²) in [6, 6.07) is 16.4. The number of rotatable bonds is 4. The van der Waals surface area contributed by atoms with Crippen molar-refractivity contribution in [1.29, 1.82) is 0 Å². The number of benzene rings is 2. The first-order valence-electron chi connectivity index (χ1n) is 9.86. The summed E-state index contributed by atoms with van der Waals surface area (Å²) < 4.78 is 0. The van der Waals surface area contributed by atoms with E-state index in [1.54, 1.807) is 0 Å². The molecule has 2 heterocycles. The van der Waals surface area contributed by atoms with Gasteiger partial charge in [0.2, 0.25) is 5.91 Å². The maximum Gasteiger partial charge on any atom is 0.254 e. The van der Waals surface area contributed by atoms with Crippen LogP contribution in [-0.4, -0.2) is 34.7 Å². The smallest absolute Gasteiger partial charge is 0.254 e. The Morgan fingerprint density at radius 3 is 2.63 bits per heavy atom. The van der Waals surface area contributed by atoms with Crippen molar-refractivity contribution < 1.29 is 9.59 Å². The molecular weight excluding hydrogens is 336 g/mol. The van der Waals surface area contributed by atoms with Crippen LogP contribution in [0.1, 0.15) is 58.8 Å². The van der Waals surface area contributed by atoms with Crippen LogP contribution >= 0.6 is 0 Å². The third kappa shape index (κ3) is 3.75. The molecule has 4 nitrogen and oxygen atoms in total. The maximum absolute atomic E-state index is 13.2. The van der Waals surface area contributed by atoms with E-state index in [2.05, 4.69) is 31.2 Å². The Kier molecular flexibility index (Phi) is 4.97. The van der Waals surface area contributed by atoms with Crippen molar-refractivity contribution >= 4 is 11.8 Å². The zero-order chi connectivity index (χ0) is 18.8. The van der Waals surface area contributed by atoms with Crippen LogP contribution in [-0.2, 0) is 11.3 Å². The van der Waals surface area contributed by atoms with E-state index in [-0.39, 0.29) is 17.9 Å². The van der Waals surface area contributed by atoms with E-state index in [9.17, 15) is 9.59 Å². The summed E-state index contributed by atoms with van der Waals surface area (Å²) in [5.74, 6) is 0.304. The number of nitrogens with zero attached hydrogens (tertiary/aromatic N) is 2. The molecule has 2 aliphatic heterocycles. The van der Waals surface area contributed by atoms with Gasteiger partial charge in [0.15, 0.2) is 0 Å². The lowest BCUT2D eigenvalue weighted by atomic mass is 10.0. The predicted molar refractivity (Wildman–Crippen MR) is 105 cm³/mol. The van der Waals surface area contributed by atoms with Crippen molar-refractivity contribution in [3.63, 3.8) is 0 Å². The Hall–Kier alpha value is -2.62. The fraction of sp³-hybridized carbons (Fsp3) is 0.391. The molecule has 2 fully saturated rings. The average molecular weight is 362 g/mol. The van der Waals surface area contributed by atoms with E-state index in [0.29, 0.717) is 13.0 Å². The summed E-state index contributed by atoms with van der Waals surface area (Å²) in [5, 5.41) is 0. The van der Waals surface area contributed by atoms with Gasteiger partial charge in [0.1, 0.15) is 0 Å². The lowest BCUT2D eigenvalue weighted by Gasteiger charge is -2.26. The molecule has 0 saturated carbocycles. The zero-order valence-electron chi connectivity index (χ0n) is 15.9. The molecule has 2 amide bonds. The molecule has 2 aliphatic rings. The van der Waals surface area contributed by atoms with Gasteiger partial charge in [0.05, 0.1) is 6.04 Å². The fourth-order valence-electron chi connectivity index (χ4n) is 4.21. The van der Waals surface area contributed by atoms with Gasteiger partial charge in [-0.1, -0.05) is 42.0 Å². The first-order valence-corrected chi connectivity index (χ1v) is 9.86. The largest absolute Gasteiger partial charge is 0.338 e. The van der Waals surface area contributed by atoms with E-state index in [0.717, 1.165) is 43.5 Å². The molecule has 0 spiro atoms. The van der Waals surface area contributed by atoms with E-state index in [1.165, 1.54) is 11.1 Å². The first kappa shape index (κ1) is 17.8. The van der Waals surface area contributed by atoms with Gasteiger partial charge >= 0.3 is 0 Å². The Morgan fingerprint density at radius 1 is 1.07 bits per heavy atom. The van der Waals surface area contributed by atoms with Crippen LogP contribution in [0.15, 0.2) is 48.5 Å². The van der Waals surface area contributed by atoms with Crippen molar-refractivity contribution in [2.75, 3.05) is 13.1 Å². The molecule has 0 aromatic heterocycles. The minimum absolute atomic E-state index is 0.0904. The van der Waals surface area contributed by atoms with Gasteiger partial charge in [-0.15, -0.1) is 0 Å². The summed E-state index contributed by atoms with van der Waals surface area (Å²) in [4.78, 5) is 29.0. The molecule has 2 aromatic carbocycles. The fourth-order valence-corrected chi connectivity index (χ4v) is 4.21. The van der Waals surface area contributed by atoms with Crippen molar-refractivity contribution in [3.05, 3.63) is 70.8 Å². The third-order valence-corrected chi connectivity index (χ3v) is 5.69. The highest BCUT2D eigenvalue weighted by Gasteiger charge is 2.30. The van der Waals surface area contributed by atoms with Gasteiger partial charge in [-0.25, -0.2) is 0 Å². The van der Waals surface area contributed by atoms with Gasteiger partial charge in [0, 0.05) is 31.6 Å². The summed E-state index contributed by atoms with van der Waals surface area (Å²) in [5.41, 5.74) is 4.20. The molecule has 0 aliphatic carbocycles. The zero-order valence-corrected chi connectivity index (χ0v) is 15.9. The second-order valence-electron chi connectivity index (χ2n) is 7.69. The summed E-state index contributed by atoms with van der Waals surface area (Å²) in [6.07, 6.45) is 3.62. The molecule has 4 rings (SSSR count). The Labute approximate surface area is 160 Å². The molecule has 4 heteroatoms. The van der Waals surface area contributed by atoms with Crippen LogP contribution in [0.5, 0.6) is 0 Å². The van der Waals surface area contributed by atoms with Crippen molar-refractivity contribution in [2.24, 2.45) is 0 Å². The van der Waals surface area contributed by atoms with Gasteiger partial charge in [0.25, 0.3) is 5.91 Å². The molecule has 2 aromatic rings. The molecule has 1 unspecified atom stereocenters. The Bertz CT molecular complexity index is 844. The van der Waals surface area contributed by atoms with Crippen LogP contribution < -0.4 is 0 Å². The quantitative estimate of drug-likeness (QED) is 0.822. The van der Waals surface area contributed by atoms with E-state index in [4.69, 9.17) is 0 Å². The molecule has 0 radical (unpaired) electrons. The van der Waals surface area contributed by atoms with E-state index >= 15 is 0 Å². The lowest BCUT2D eigenvalue weighted by molar-refractivity contribution is -0.128. The number of hydrogen-bond acceptors (Lipinski definition) is 2. The lowest BCUT2D eigenvalue weighted by Crippen LogP contribution is -2.30. The van der Waals surface area contributed by atoms with Crippen LogP contribution in [0.25, 0.3) is 0 Å². The Morgan fingerprint density at radius 2 is 1.89 bits per heavy atom. The average Bonchev–Trinajstić information content (AvgIpc) is 3.32. The predicted octanol–water partition coefficient (Wildman–Crippen LogP) is 4.09. The summed E-state index contributed by atoms with van der Waals surface area (Å²) >= 11 is 0. The van der Waals surface area contributed by atoms with Gasteiger partial charge < -0.3 is 9.80 Å². The van der Waals surface area contributed by atoms with Crippen molar-refractivity contribution in [1.82, 2.24) is 9.80 Å². The van der Waals surface area contributed by atoms with Crippen LogP contribution in [0.2, 0.25) is 0 Å². The van der Waals surface area contributed by atoms with Crippen LogP contribution in [0.4, 0.5) is 0 Å². The molecular formula is C23H26N2O2. The SMILES string of the molecule is Cc1ccc(C2CCCN2C(=O)c2cccc(CN3CCCC3=O)c2)cc1. The molecule has 140 valence electrons. The second kappa shape index (κ2) is 7.55.